The van der Waals surface area contributed by atoms with Crippen LogP contribution < -0.4 is 0 Å². The van der Waals surface area contributed by atoms with Crippen molar-refractivity contribution in [2.24, 2.45) is 11.8 Å². The Bertz CT molecular complexity index is 462. The van der Waals surface area contributed by atoms with Gasteiger partial charge < -0.3 is 0 Å². The summed E-state index contributed by atoms with van der Waals surface area (Å²) in [6.45, 7) is 7.24. The van der Waals surface area contributed by atoms with Crippen molar-refractivity contribution >= 4 is 0 Å². The van der Waals surface area contributed by atoms with Crippen molar-refractivity contribution < 1.29 is 4.39 Å². The summed E-state index contributed by atoms with van der Waals surface area (Å²) in [4.78, 5) is 2.30. The van der Waals surface area contributed by atoms with Crippen molar-refractivity contribution in [1.29, 1.82) is 5.26 Å². The van der Waals surface area contributed by atoms with Gasteiger partial charge in [-0.1, -0.05) is 19.9 Å². The van der Waals surface area contributed by atoms with Gasteiger partial charge in [0.15, 0.2) is 0 Å². The number of rotatable bonds is 3. The summed E-state index contributed by atoms with van der Waals surface area (Å²) in [6.07, 6.45) is 1.20. The standard InChI is InChI=1S/C15H19FN2/c1-11(2)13-5-6-18(9-13)10-14-4-3-12(8-17)7-15(14)16/h3-4,7,11,13H,5-6,9-10H2,1-2H3. The smallest absolute Gasteiger partial charge is 0.129 e. The zero-order chi connectivity index (χ0) is 13.1. The maximum Gasteiger partial charge on any atom is 0.129 e. The van der Waals surface area contributed by atoms with Crippen molar-refractivity contribution in [3.05, 3.63) is 35.1 Å². The molecule has 0 amide bonds. The first kappa shape index (κ1) is 13.0. The molecule has 1 aliphatic rings. The molecule has 1 atom stereocenters. The van der Waals surface area contributed by atoms with E-state index in [0.717, 1.165) is 19.0 Å². The van der Waals surface area contributed by atoms with E-state index < -0.39 is 0 Å². The highest BCUT2D eigenvalue weighted by Gasteiger charge is 2.25. The fourth-order valence-electron chi connectivity index (χ4n) is 2.54. The van der Waals surface area contributed by atoms with Crippen LogP contribution in [0.3, 0.4) is 0 Å². The molecule has 2 rings (SSSR count). The van der Waals surface area contributed by atoms with E-state index in [1.807, 2.05) is 6.07 Å². The zero-order valence-corrected chi connectivity index (χ0v) is 11.0. The summed E-state index contributed by atoms with van der Waals surface area (Å²) in [5.41, 5.74) is 1.08. The molecule has 1 fully saturated rings. The van der Waals surface area contributed by atoms with Crippen molar-refractivity contribution in [3.8, 4) is 6.07 Å². The third kappa shape index (κ3) is 2.88. The normalized spacial score (nSPS) is 20.3. The van der Waals surface area contributed by atoms with E-state index in [0.29, 0.717) is 23.6 Å². The van der Waals surface area contributed by atoms with E-state index in [-0.39, 0.29) is 5.82 Å². The van der Waals surface area contributed by atoms with Gasteiger partial charge in [0.25, 0.3) is 0 Å². The minimum absolute atomic E-state index is 0.262. The second-order valence-electron chi connectivity index (χ2n) is 5.45. The minimum atomic E-state index is -0.262. The van der Waals surface area contributed by atoms with Crippen LogP contribution in [-0.2, 0) is 6.54 Å². The summed E-state index contributed by atoms with van der Waals surface area (Å²) in [5, 5.41) is 8.71. The Hall–Kier alpha value is -1.40. The van der Waals surface area contributed by atoms with E-state index in [4.69, 9.17) is 5.26 Å². The summed E-state index contributed by atoms with van der Waals surface area (Å²) in [6, 6.07) is 6.70. The fourth-order valence-corrected chi connectivity index (χ4v) is 2.54. The summed E-state index contributed by atoms with van der Waals surface area (Å²) in [7, 11) is 0. The number of nitrogens with zero attached hydrogens (tertiary/aromatic N) is 2. The molecule has 1 saturated heterocycles. The van der Waals surface area contributed by atoms with E-state index in [1.165, 1.54) is 12.5 Å². The van der Waals surface area contributed by atoms with E-state index >= 15 is 0 Å². The maximum atomic E-state index is 13.8. The predicted molar refractivity (Wildman–Crippen MR) is 69.3 cm³/mol. The van der Waals surface area contributed by atoms with Crippen LogP contribution in [0.1, 0.15) is 31.4 Å². The first-order chi connectivity index (χ1) is 8.60. The molecule has 3 heteroatoms. The summed E-state index contributed by atoms with van der Waals surface area (Å²) >= 11 is 0. The van der Waals surface area contributed by atoms with Crippen LogP contribution in [0.15, 0.2) is 18.2 Å². The molecule has 0 spiro atoms. The average Bonchev–Trinajstić information content (AvgIpc) is 2.80. The van der Waals surface area contributed by atoms with Gasteiger partial charge in [-0.05, 0) is 36.9 Å². The number of benzene rings is 1. The zero-order valence-electron chi connectivity index (χ0n) is 11.0. The van der Waals surface area contributed by atoms with Gasteiger partial charge in [0.2, 0.25) is 0 Å². The van der Waals surface area contributed by atoms with Gasteiger partial charge in [0, 0.05) is 18.7 Å². The molecule has 1 aliphatic heterocycles. The fraction of sp³-hybridized carbons (Fsp3) is 0.533. The molecule has 1 aromatic carbocycles. The Morgan fingerprint density at radius 2 is 2.28 bits per heavy atom. The number of halogens is 1. The average molecular weight is 246 g/mol. The Kier molecular flexibility index (Phi) is 3.98. The third-order valence-electron chi connectivity index (χ3n) is 3.83. The molecular weight excluding hydrogens is 227 g/mol. The van der Waals surface area contributed by atoms with E-state index in [1.54, 1.807) is 12.1 Å². The van der Waals surface area contributed by atoms with E-state index in [2.05, 4.69) is 18.7 Å². The van der Waals surface area contributed by atoms with E-state index in [9.17, 15) is 4.39 Å². The van der Waals surface area contributed by atoms with Crippen LogP contribution in [0.2, 0.25) is 0 Å². The lowest BCUT2D eigenvalue weighted by Gasteiger charge is -2.18. The highest BCUT2D eigenvalue weighted by molar-refractivity contribution is 5.32. The van der Waals surface area contributed by atoms with Gasteiger partial charge in [0.05, 0.1) is 11.6 Å². The van der Waals surface area contributed by atoms with Crippen molar-refractivity contribution in [2.75, 3.05) is 13.1 Å². The molecule has 1 heterocycles. The summed E-state index contributed by atoms with van der Waals surface area (Å²) < 4.78 is 13.8. The first-order valence-electron chi connectivity index (χ1n) is 6.51. The lowest BCUT2D eigenvalue weighted by atomic mass is 9.95. The van der Waals surface area contributed by atoms with Crippen molar-refractivity contribution in [2.45, 2.75) is 26.8 Å². The van der Waals surface area contributed by atoms with Crippen LogP contribution in [0.25, 0.3) is 0 Å². The molecule has 96 valence electrons. The van der Waals surface area contributed by atoms with Gasteiger partial charge in [-0.15, -0.1) is 0 Å². The minimum Gasteiger partial charge on any atom is -0.299 e. The molecule has 0 aliphatic carbocycles. The Morgan fingerprint density at radius 1 is 1.50 bits per heavy atom. The molecule has 2 nitrogen and oxygen atoms in total. The second kappa shape index (κ2) is 5.49. The van der Waals surface area contributed by atoms with Crippen LogP contribution in [0.5, 0.6) is 0 Å². The molecule has 0 bridgehead atoms. The Balaban J connectivity index is 2.01. The predicted octanol–water partition coefficient (Wildman–Crippen LogP) is 3.18. The van der Waals surface area contributed by atoms with Gasteiger partial charge in [-0.3, -0.25) is 4.90 Å². The quantitative estimate of drug-likeness (QED) is 0.819. The van der Waals surface area contributed by atoms with Crippen LogP contribution >= 0.6 is 0 Å². The molecule has 0 N–H and O–H groups in total. The second-order valence-corrected chi connectivity index (χ2v) is 5.45. The molecule has 1 aromatic rings. The number of likely N-dealkylation sites (tertiary alicyclic amines) is 1. The van der Waals surface area contributed by atoms with Crippen LogP contribution in [-0.4, -0.2) is 18.0 Å². The molecule has 0 aromatic heterocycles. The maximum absolute atomic E-state index is 13.8. The number of hydrogen-bond donors (Lipinski definition) is 0. The number of nitriles is 1. The van der Waals surface area contributed by atoms with Gasteiger partial charge >= 0.3 is 0 Å². The first-order valence-corrected chi connectivity index (χ1v) is 6.51. The topological polar surface area (TPSA) is 27.0 Å². The molecule has 0 saturated carbocycles. The van der Waals surface area contributed by atoms with Gasteiger partial charge in [0.1, 0.15) is 5.82 Å². The molecule has 1 unspecified atom stereocenters. The number of hydrogen-bond acceptors (Lipinski definition) is 2. The Morgan fingerprint density at radius 3 is 2.83 bits per heavy atom. The monoisotopic (exact) mass is 246 g/mol. The van der Waals surface area contributed by atoms with Gasteiger partial charge in [-0.2, -0.15) is 5.26 Å². The van der Waals surface area contributed by atoms with Crippen molar-refractivity contribution in [1.82, 2.24) is 4.90 Å². The molecule has 18 heavy (non-hydrogen) atoms. The summed E-state index contributed by atoms with van der Waals surface area (Å²) in [5.74, 6) is 1.16. The lowest BCUT2D eigenvalue weighted by Crippen LogP contribution is -2.22. The highest BCUT2D eigenvalue weighted by Crippen LogP contribution is 2.25. The third-order valence-corrected chi connectivity index (χ3v) is 3.83. The molecule has 0 radical (unpaired) electrons. The molecular formula is C15H19FN2. The van der Waals surface area contributed by atoms with Crippen LogP contribution in [0, 0.1) is 29.0 Å². The Labute approximate surface area is 108 Å². The lowest BCUT2D eigenvalue weighted by molar-refractivity contribution is 0.293. The van der Waals surface area contributed by atoms with Crippen molar-refractivity contribution in [3.63, 3.8) is 0 Å². The van der Waals surface area contributed by atoms with Gasteiger partial charge in [-0.25, -0.2) is 4.39 Å². The highest BCUT2D eigenvalue weighted by atomic mass is 19.1. The largest absolute Gasteiger partial charge is 0.299 e. The SMILES string of the molecule is CC(C)C1CCN(Cc2ccc(C#N)cc2F)C1. The van der Waals surface area contributed by atoms with Crippen LogP contribution in [0.4, 0.5) is 4.39 Å².